The first-order chi connectivity index (χ1) is 15.2. The van der Waals surface area contributed by atoms with Crippen LogP contribution in [0.25, 0.3) is 0 Å². The van der Waals surface area contributed by atoms with Crippen LogP contribution >= 0.6 is 23.2 Å². The molecule has 32 heavy (non-hydrogen) atoms. The molecule has 2 aromatic carbocycles. The van der Waals surface area contributed by atoms with Gasteiger partial charge in [-0.25, -0.2) is 0 Å². The Kier molecular flexibility index (Phi) is 7.06. The number of hydrogen-bond donors (Lipinski definition) is 1. The van der Waals surface area contributed by atoms with Crippen LogP contribution < -0.4 is 5.43 Å². The van der Waals surface area contributed by atoms with E-state index in [9.17, 15) is 29.3 Å². The maximum atomic E-state index is 12.3. The summed E-state index contributed by atoms with van der Waals surface area (Å²) in [5, 5.41) is 12.1. The molecule has 1 aliphatic rings. The van der Waals surface area contributed by atoms with Crippen LogP contribution in [-0.2, 0) is 14.3 Å². The zero-order valence-corrected chi connectivity index (χ0v) is 17.8. The van der Waals surface area contributed by atoms with E-state index in [2.05, 4.69) is 5.43 Å². The van der Waals surface area contributed by atoms with Crippen LogP contribution in [-0.4, -0.2) is 46.7 Å². The van der Waals surface area contributed by atoms with Crippen molar-refractivity contribution in [1.82, 2.24) is 10.4 Å². The van der Waals surface area contributed by atoms with Crippen molar-refractivity contribution in [2.45, 2.75) is 6.42 Å². The molecule has 1 atom stereocenters. The fourth-order valence-corrected chi connectivity index (χ4v) is 3.20. The van der Waals surface area contributed by atoms with Crippen LogP contribution in [0, 0.1) is 16.0 Å². The lowest BCUT2D eigenvalue weighted by molar-refractivity contribution is -0.384. The number of halogens is 2. The van der Waals surface area contributed by atoms with Crippen molar-refractivity contribution < 1.29 is 28.8 Å². The van der Waals surface area contributed by atoms with Crippen molar-refractivity contribution >= 4 is 52.5 Å². The highest BCUT2D eigenvalue weighted by atomic mass is 35.5. The molecule has 1 N–H and O–H groups in total. The van der Waals surface area contributed by atoms with E-state index in [-0.39, 0.29) is 39.8 Å². The standard InChI is InChI=1S/C20H15Cl2N3O7/c21-15-6-3-12(7-16(15)22)19(28)23-24-9-13(8-18(24)27)20(29)32-10-17(26)11-1-4-14(5-2-11)25(30)31/h1-7,13H,8-10H2,(H,23,28)/t13-/m0/s1. The van der Waals surface area contributed by atoms with Crippen molar-refractivity contribution in [3.05, 3.63) is 73.8 Å². The molecular weight excluding hydrogens is 465 g/mol. The van der Waals surface area contributed by atoms with E-state index in [1.807, 2.05) is 0 Å². The predicted octanol–water partition coefficient (Wildman–Crippen LogP) is 2.82. The molecule has 2 amide bonds. The normalized spacial score (nSPS) is 15.4. The third-order valence-corrected chi connectivity index (χ3v) is 5.36. The number of esters is 1. The number of amides is 2. The zero-order chi connectivity index (χ0) is 23.4. The molecule has 0 spiro atoms. The smallest absolute Gasteiger partial charge is 0.311 e. The van der Waals surface area contributed by atoms with Crippen molar-refractivity contribution in [2.24, 2.45) is 5.92 Å². The van der Waals surface area contributed by atoms with Gasteiger partial charge in [-0.3, -0.25) is 39.7 Å². The molecule has 1 heterocycles. The van der Waals surface area contributed by atoms with Crippen molar-refractivity contribution in [1.29, 1.82) is 0 Å². The quantitative estimate of drug-likeness (QED) is 0.279. The highest BCUT2D eigenvalue weighted by Gasteiger charge is 2.36. The number of carbonyl (C=O) groups excluding carboxylic acids is 4. The van der Waals surface area contributed by atoms with E-state index in [4.69, 9.17) is 27.9 Å². The number of rotatable bonds is 7. The van der Waals surface area contributed by atoms with Crippen molar-refractivity contribution in [2.75, 3.05) is 13.2 Å². The molecule has 1 aliphatic heterocycles. The molecule has 0 aliphatic carbocycles. The Balaban J connectivity index is 1.53. The Morgan fingerprint density at radius 1 is 1.09 bits per heavy atom. The third kappa shape index (κ3) is 5.40. The second-order valence-electron chi connectivity index (χ2n) is 6.81. The number of nitro groups is 1. The van der Waals surface area contributed by atoms with Gasteiger partial charge in [0.2, 0.25) is 5.91 Å². The first-order valence-electron chi connectivity index (χ1n) is 9.16. The lowest BCUT2D eigenvalue weighted by Crippen LogP contribution is -2.43. The van der Waals surface area contributed by atoms with Crippen LogP contribution in [0.15, 0.2) is 42.5 Å². The van der Waals surface area contributed by atoms with Gasteiger partial charge in [0.25, 0.3) is 11.6 Å². The summed E-state index contributed by atoms with van der Waals surface area (Å²) in [6.45, 7) is -0.715. The van der Waals surface area contributed by atoms with Gasteiger partial charge in [0, 0.05) is 29.7 Å². The second-order valence-corrected chi connectivity index (χ2v) is 7.62. The molecule has 166 valence electrons. The van der Waals surface area contributed by atoms with Crippen LogP contribution in [0.1, 0.15) is 27.1 Å². The van der Waals surface area contributed by atoms with Crippen LogP contribution in [0.4, 0.5) is 5.69 Å². The number of ketones is 1. The average molecular weight is 480 g/mol. The summed E-state index contributed by atoms with van der Waals surface area (Å²) in [6, 6.07) is 9.06. The minimum absolute atomic E-state index is 0.129. The monoisotopic (exact) mass is 479 g/mol. The number of hydrazine groups is 1. The summed E-state index contributed by atoms with van der Waals surface area (Å²) in [5.41, 5.74) is 2.53. The Bertz CT molecular complexity index is 1100. The van der Waals surface area contributed by atoms with E-state index in [0.717, 1.165) is 5.01 Å². The molecule has 0 aromatic heterocycles. The number of nitrogens with zero attached hydrogens (tertiary/aromatic N) is 2. The summed E-state index contributed by atoms with van der Waals surface area (Å²) >= 11 is 11.7. The van der Waals surface area contributed by atoms with Gasteiger partial charge in [-0.05, 0) is 30.3 Å². The number of Topliss-reactive ketones (excluding diaryl/α,β-unsaturated/α-hetero) is 1. The van der Waals surface area contributed by atoms with Gasteiger partial charge in [0.15, 0.2) is 12.4 Å². The first-order valence-corrected chi connectivity index (χ1v) is 9.92. The topological polar surface area (TPSA) is 136 Å². The van der Waals surface area contributed by atoms with Gasteiger partial charge in [0.1, 0.15) is 0 Å². The van der Waals surface area contributed by atoms with E-state index >= 15 is 0 Å². The number of ether oxygens (including phenoxy) is 1. The minimum atomic E-state index is -0.874. The second kappa shape index (κ2) is 9.75. The van der Waals surface area contributed by atoms with Gasteiger partial charge in [-0.2, -0.15) is 0 Å². The Labute approximate surface area is 191 Å². The summed E-state index contributed by atoms with van der Waals surface area (Å²) in [5.74, 6) is -3.31. The number of nitrogens with one attached hydrogen (secondary N) is 1. The SMILES string of the molecule is O=C(COC(=O)[C@H]1CC(=O)N(NC(=O)c2ccc(Cl)c(Cl)c2)C1)c1ccc([N+](=O)[O-])cc1. The van der Waals surface area contributed by atoms with E-state index in [1.165, 1.54) is 42.5 Å². The number of carbonyl (C=O) groups is 4. The molecule has 1 saturated heterocycles. The van der Waals surface area contributed by atoms with E-state index < -0.39 is 41.0 Å². The lowest BCUT2D eigenvalue weighted by Gasteiger charge is -2.17. The lowest BCUT2D eigenvalue weighted by atomic mass is 10.1. The minimum Gasteiger partial charge on any atom is -0.457 e. The number of nitro benzene ring substituents is 1. The third-order valence-electron chi connectivity index (χ3n) is 4.62. The van der Waals surface area contributed by atoms with Gasteiger partial charge in [-0.1, -0.05) is 23.2 Å². The summed E-state index contributed by atoms with van der Waals surface area (Å²) in [7, 11) is 0. The fraction of sp³-hybridized carbons (Fsp3) is 0.200. The van der Waals surface area contributed by atoms with Crippen molar-refractivity contribution in [3.8, 4) is 0 Å². The van der Waals surface area contributed by atoms with Crippen LogP contribution in [0.2, 0.25) is 10.0 Å². The Hall–Kier alpha value is -3.50. The van der Waals surface area contributed by atoms with Gasteiger partial charge in [0.05, 0.1) is 27.4 Å². The Morgan fingerprint density at radius 3 is 2.38 bits per heavy atom. The molecule has 12 heteroatoms. The number of non-ortho nitro benzene ring substituents is 1. The number of benzene rings is 2. The maximum absolute atomic E-state index is 12.3. The van der Waals surface area contributed by atoms with Crippen LogP contribution in [0.5, 0.6) is 0 Å². The fourth-order valence-electron chi connectivity index (χ4n) is 2.90. The van der Waals surface area contributed by atoms with E-state index in [1.54, 1.807) is 0 Å². The maximum Gasteiger partial charge on any atom is 0.311 e. The molecule has 0 unspecified atom stereocenters. The van der Waals surface area contributed by atoms with Gasteiger partial charge in [-0.15, -0.1) is 0 Å². The van der Waals surface area contributed by atoms with Gasteiger partial charge < -0.3 is 4.74 Å². The Morgan fingerprint density at radius 2 is 1.75 bits per heavy atom. The molecule has 3 rings (SSSR count). The summed E-state index contributed by atoms with van der Waals surface area (Å²) in [4.78, 5) is 58.9. The zero-order valence-electron chi connectivity index (χ0n) is 16.2. The summed E-state index contributed by atoms with van der Waals surface area (Å²) < 4.78 is 4.99. The molecule has 1 fully saturated rings. The molecule has 10 nitrogen and oxygen atoms in total. The average Bonchev–Trinajstić information content (AvgIpc) is 3.13. The molecule has 0 radical (unpaired) electrons. The van der Waals surface area contributed by atoms with Crippen molar-refractivity contribution in [3.63, 3.8) is 0 Å². The van der Waals surface area contributed by atoms with E-state index in [0.29, 0.717) is 0 Å². The molecular formula is C20H15Cl2N3O7. The van der Waals surface area contributed by atoms with Crippen LogP contribution in [0.3, 0.4) is 0 Å². The highest BCUT2D eigenvalue weighted by molar-refractivity contribution is 6.42. The molecule has 0 saturated carbocycles. The summed E-state index contributed by atoms with van der Waals surface area (Å²) in [6.07, 6.45) is -0.202. The largest absolute Gasteiger partial charge is 0.457 e. The molecule has 2 aromatic rings. The first kappa shape index (κ1) is 23.2. The number of hydrogen-bond acceptors (Lipinski definition) is 7. The molecule has 0 bridgehead atoms. The van der Waals surface area contributed by atoms with Gasteiger partial charge >= 0.3 is 5.97 Å². The predicted molar refractivity (Wildman–Crippen MR) is 112 cm³/mol. The highest BCUT2D eigenvalue weighted by Crippen LogP contribution is 2.23.